The Balaban J connectivity index is 0.00000392. The molecule has 8 rings (SSSR count). The minimum Gasteiger partial charge on any atom is -0.510 e. The molecule has 0 aliphatic carbocycles. The molecule has 250 valence electrons. The number of para-hydroxylation sites is 2. The van der Waals surface area contributed by atoms with E-state index in [-0.39, 0.29) is 26.5 Å². The number of hydrogen-bond donors (Lipinski definition) is 0. The third-order valence-electron chi connectivity index (χ3n) is 9.24. The zero-order chi connectivity index (χ0) is 33.7. The second-order valence-electron chi connectivity index (χ2n) is 13.4. The molecule has 0 aliphatic rings. The van der Waals surface area contributed by atoms with E-state index in [1.54, 1.807) is 0 Å². The Morgan fingerprint density at radius 2 is 1.46 bits per heavy atom. The van der Waals surface area contributed by atoms with E-state index in [1.165, 1.54) is 5.56 Å². The number of fused-ring (bicyclic) bond motifs is 3. The SMILES string of the molecule is Cc1c(C)[n+](-c2ccccc2-c2ccccc2)[c-]n1-c1[c-]c(Oc2[c-]c3c(cc2)c2ccccc2n3-c2cc(C(C)(C)C)ccn2)ccc1.[Pt]. The van der Waals surface area contributed by atoms with E-state index in [0.717, 1.165) is 61.5 Å². The van der Waals surface area contributed by atoms with E-state index >= 15 is 0 Å². The quantitative estimate of drug-likeness (QED) is 0.124. The van der Waals surface area contributed by atoms with Crippen molar-refractivity contribution in [3.8, 4) is 39.8 Å². The van der Waals surface area contributed by atoms with Crippen molar-refractivity contribution in [3.63, 3.8) is 0 Å². The van der Waals surface area contributed by atoms with Crippen LogP contribution in [0.3, 0.4) is 0 Å². The van der Waals surface area contributed by atoms with Gasteiger partial charge < -0.3 is 13.9 Å². The smallest absolute Gasteiger partial charge is 0.267 e. The van der Waals surface area contributed by atoms with Crippen LogP contribution < -0.4 is 9.30 Å². The van der Waals surface area contributed by atoms with Crippen LogP contribution in [-0.2, 0) is 26.5 Å². The Hall–Kier alpha value is -5.25. The fourth-order valence-corrected chi connectivity index (χ4v) is 6.50. The van der Waals surface area contributed by atoms with Crippen LogP contribution in [0, 0.1) is 32.3 Å². The molecule has 5 aromatic carbocycles. The minimum absolute atomic E-state index is 0. The van der Waals surface area contributed by atoms with Crippen molar-refractivity contribution in [2.45, 2.75) is 40.0 Å². The number of benzene rings is 5. The van der Waals surface area contributed by atoms with Crippen LogP contribution in [0.4, 0.5) is 0 Å². The fraction of sp³-hybridized carbons (Fsp3) is 0.136. The fourth-order valence-electron chi connectivity index (χ4n) is 6.50. The van der Waals surface area contributed by atoms with Crippen molar-refractivity contribution < 1.29 is 30.4 Å². The van der Waals surface area contributed by atoms with Crippen molar-refractivity contribution in [2.75, 3.05) is 0 Å². The maximum Gasteiger partial charge on any atom is 0.267 e. The van der Waals surface area contributed by atoms with Crippen molar-refractivity contribution in [2.24, 2.45) is 0 Å². The van der Waals surface area contributed by atoms with Crippen LogP contribution in [0.2, 0.25) is 0 Å². The maximum atomic E-state index is 6.47. The van der Waals surface area contributed by atoms with Gasteiger partial charge in [-0.05, 0) is 71.3 Å². The van der Waals surface area contributed by atoms with Gasteiger partial charge in [0.15, 0.2) is 0 Å². The molecule has 3 heterocycles. The Morgan fingerprint density at radius 1 is 0.720 bits per heavy atom. The van der Waals surface area contributed by atoms with Crippen molar-refractivity contribution >= 4 is 21.8 Å². The average molecular weight is 832 g/mol. The van der Waals surface area contributed by atoms with Crippen LogP contribution in [0.5, 0.6) is 11.5 Å². The molecule has 8 aromatic rings. The first-order chi connectivity index (χ1) is 23.8. The molecule has 0 N–H and O–H groups in total. The summed E-state index contributed by atoms with van der Waals surface area (Å²) in [6, 6.07) is 48.7. The number of rotatable bonds is 6. The van der Waals surface area contributed by atoms with Gasteiger partial charge in [0.2, 0.25) is 0 Å². The monoisotopic (exact) mass is 831 g/mol. The van der Waals surface area contributed by atoms with Crippen LogP contribution in [0.1, 0.15) is 37.7 Å². The van der Waals surface area contributed by atoms with Gasteiger partial charge in [0.25, 0.3) is 6.33 Å². The first-order valence-corrected chi connectivity index (χ1v) is 16.6. The third kappa shape index (κ3) is 5.97. The Bertz CT molecular complexity index is 2490. The summed E-state index contributed by atoms with van der Waals surface area (Å²) in [5.74, 6) is 2.06. The summed E-state index contributed by atoms with van der Waals surface area (Å²) in [5, 5.41) is 2.24. The van der Waals surface area contributed by atoms with E-state index in [1.807, 2.05) is 41.1 Å². The molecule has 0 unspecified atom stereocenters. The zero-order valence-corrected chi connectivity index (χ0v) is 30.9. The summed E-state index contributed by atoms with van der Waals surface area (Å²) in [6.07, 6.45) is 5.48. The van der Waals surface area contributed by atoms with Crippen molar-refractivity contribution in [3.05, 3.63) is 163 Å². The van der Waals surface area contributed by atoms with Crippen LogP contribution in [-0.4, -0.2) is 14.1 Å². The third-order valence-corrected chi connectivity index (χ3v) is 9.24. The van der Waals surface area contributed by atoms with Crippen LogP contribution in [0.15, 0.2) is 128 Å². The van der Waals surface area contributed by atoms with E-state index in [0.29, 0.717) is 11.5 Å². The zero-order valence-electron chi connectivity index (χ0n) is 28.6. The van der Waals surface area contributed by atoms with Gasteiger partial charge in [-0.1, -0.05) is 93.0 Å². The number of hydrogen-bond acceptors (Lipinski definition) is 2. The van der Waals surface area contributed by atoms with Gasteiger partial charge >= 0.3 is 0 Å². The van der Waals surface area contributed by atoms with Crippen molar-refractivity contribution in [1.29, 1.82) is 0 Å². The molecule has 0 saturated carbocycles. The summed E-state index contributed by atoms with van der Waals surface area (Å²) < 4.78 is 12.8. The molecule has 0 saturated heterocycles. The predicted octanol–water partition coefficient (Wildman–Crippen LogP) is 10.0. The Morgan fingerprint density at radius 3 is 2.28 bits per heavy atom. The van der Waals surface area contributed by atoms with Gasteiger partial charge in [-0.3, -0.25) is 4.57 Å². The molecular formula is C44H36N4OPt-2. The summed E-state index contributed by atoms with van der Waals surface area (Å²) >= 11 is 0. The number of ether oxygens (including phenoxy) is 1. The molecule has 6 heteroatoms. The van der Waals surface area contributed by atoms with Gasteiger partial charge in [0.05, 0.1) is 11.4 Å². The molecule has 0 fully saturated rings. The summed E-state index contributed by atoms with van der Waals surface area (Å²) in [5.41, 5.74) is 9.59. The molecule has 5 nitrogen and oxygen atoms in total. The summed E-state index contributed by atoms with van der Waals surface area (Å²) in [4.78, 5) is 4.80. The molecule has 50 heavy (non-hydrogen) atoms. The molecule has 0 spiro atoms. The van der Waals surface area contributed by atoms with E-state index in [2.05, 4.69) is 153 Å². The largest absolute Gasteiger partial charge is 0.510 e. The van der Waals surface area contributed by atoms with E-state index < -0.39 is 0 Å². The second-order valence-corrected chi connectivity index (χ2v) is 13.4. The van der Waals surface area contributed by atoms with Crippen LogP contribution in [0.25, 0.3) is 50.1 Å². The number of aromatic nitrogens is 4. The molecule has 0 radical (unpaired) electrons. The number of pyridine rings is 1. The van der Waals surface area contributed by atoms with E-state index in [9.17, 15) is 0 Å². The van der Waals surface area contributed by atoms with Gasteiger partial charge in [-0.2, -0.15) is 18.2 Å². The molecule has 0 atom stereocenters. The second kappa shape index (κ2) is 13.2. The van der Waals surface area contributed by atoms with E-state index in [4.69, 9.17) is 9.72 Å². The first kappa shape index (κ1) is 33.3. The molecule has 0 bridgehead atoms. The van der Waals surface area contributed by atoms with Gasteiger partial charge in [0.1, 0.15) is 5.82 Å². The minimum atomic E-state index is -0.00607. The average Bonchev–Trinajstić information content (AvgIpc) is 3.61. The normalized spacial score (nSPS) is 11.5. The predicted molar refractivity (Wildman–Crippen MR) is 196 cm³/mol. The summed E-state index contributed by atoms with van der Waals surface area (Å²) in [7, 11) is 0. The Kier molecular flexibility index (Phi) is 8.80. The molecule has 3 aromatic heterocycles. The number of nitrogens with zero attached hydrogens (tertiary/aromatic N) is 4. The van der Waals surface area contributed by atoms with Crippen LogP contribution >= 0.6 is 0 Å². The topological polar surface area (TPSA) is 35.9 Å². The van der Waals surface area contributed by atoms with Gasteiger partial charge in [0, 0.05) is 50.0 Å². The standard InChI is InChI=1S/C44H36N4O.Pt/c1-30-31(2)47(40-20-11-9-18-37(40)32-14-7-6-8-15-32)29-46(30)34-16-13-17-35(27-34)49-36-22-23-39-38-19-10-12-21-41(38)48(42(39)28-36)43-26-33(24-25-45-43)44(3,4)5;/h6-26H,1-5H3;/q-2;. The van der Waals surface area contributed by atoms with Gasteiger partial charge in [-0.15, -0.1) is 29.7 Å². The summed E-state index contributed by atoms with van der Waals surface area (Å²) in [6.45, 7) is 10.9. The Labute approximate surface area is 307 Å². The van der Waals surface area contributed by atoms with Crippen molar-refractivity contribution in [1.82, 2.24) is 14.1 Å². The number of imidazole rings is 1. The molecular weight excluding hydrogens is 796 g/mol. The van der Waals surface area contributed by atoms with Gasteiger partial charge in [-0.25, -0.2) is 4.98 Å². The first-order valence-electron chi connectivity index (χ1n) is 16.6. The maximum absolute atomic E-state index is 6.47. The molecule has 0 amide bonds. The molecule has 0 aliphatic heterocycles.